The van der Waals surface area contributed by atoms with Gasteiger partial charge in [-0.3, -0.25) is 9.69 Å². The van der Waals surface area contributed by atoms with Crippen LogP contribution in [0.5, 0.6) is 11.5 Å². The van der Waals surface area contributed by atoms with Crippen molar-refractivity contribution in [3.63, 3.8) is 0 Å². The highest BCUT2D eigenvalue weighted by Gasteiger charge is 2.20. The molecule has 9 heteroatoms. The van der Waals surface area contributed by atoms with Crippen LogP contribution >= 0.6 is 0 Å². The van der Waals surface area contributed by atoms with Crippen LogP contribution in [0.3, 0.4) is 0 Å². The summed E-state index contributed by atoms with van der Waals surface area (Å²) >= 11 is 0. The average Bonchev–Trinajstić information content (AvgIpc) is 2.71. The molecular weight excluding hydrogens is 411 g/mol. The minimum atomic E-state index is -2.97. The third kappa shape index (κ3) is 7.19. The highest BCUT2D eigenvalue weighted by atomic mass is 19.3. The highest BCUT2D eigenvalue weighted by Crippen LogP contribution is 2.30. The number of carbonyl (C=O) groups is 1. The number of nitrogens with zero attached hydrogens (tertiary/aromatic N) is 3. The Morgan fingerprint density at radius 1 is 1.19 bits per heavy atom. The van der Waals surface area contributed by atoms with Crippen molar-refractivity contribution < 1.29 is 27.4 Å². The average molecular weight is 435 g/mol. The maximum Gasteiger partial charge on any atom is 0.387 e. The zero-order valence-electron chi connectivity index (χ0n) is 17.4. The van der Waals surface area contributed by atoms with Crippen molar-refractivity contribution in [1.82, 2.24) is 4.90 Å². The Morgan fingerprint density at radius 2 is 1.94 bits per heavy atom. The molecule has 6 nitrogen and oxygen atoms in total. The number of alkyl halides is 2. The van der Waals surface area contributed by atoms with Crippen molar-refractivity contribution in [1.29, 1.82) is 5.26 Å². The predicted octanol–water partition coefficient (Wildman–Crippen LogP) is 4.20. The van der Waals surface area contributed by atoms with Gasteiger partial charge in [0.2, 0.25) is 5.91 Å². The second kappa shape index (κ2) is 11.8. The summed E-state index contributed by atoms with van der Waals surface area (Å²) in [5, 5.41) is 8.88. The molecule has 2 rings (SSSR count). The molecule has 2 aromatic rings. The van der Waals surface area contributed by atoms with Crippen LogP contribution in [0.2, 0.25) is 0 Å². The molecule has 0 atom stereocenters. The lowest BCUT2D eigenvalue weighted by atomic mass is 10.2. The first-order chi connectivity index (χ1) is 14.8. The fourth-order valence-corrected chi connectivity index (χ4v) is 3.01. The van der Waals surface area contributed by atoms with E-state index < -0.39 is 12.4 Å². The molecule has 0 aliphatic carbocycles. The number of ether oxygens (including phenoxy) is 2. The second-order valence-electron chi connectivity index (χ2n) is 6.67. The van der Waals surface area contributed by atoms with Gasteiger partial charge in [0, 0.05) is 13.1 Å². The summed E-state index contributed by atoms with van der Waals surface area (Å²) in [6.07, 6.45) is 0.0626. The zero-order valence-corrected chi connectivity index (χ0v) is 17.4. The van der Waals surface area contributed by atoms with Crippen LogP contribution in [0.1, 0.15) is 18.9 Å². The summed E-state index contributed by atoms with van der Waals surface area (Å²) in [5.41, 5.74) is 0.832. The predicted molar refractivity (Wildman–Crippen MR) is 110 cm³/mol. The number of para-hydroxylation sites is 1. The van der Waals surface area contributed by atoms with Crippen molar-refractivity contribution in [2.24, 2.45) is 0 Å². The maximum absolute atomic E-state index is 14.2. The quantitative estimate of drug-likeness (QED) is 0.529. The van der Waals surface area contributed by atoms with Crippen molar-refractivity contribution in [2.75, 3.05) is 31.6 Å². The van der Waals surface area contributed by atoms with E-state index in [1.807, 2.05) is 6.07 Å². The van der Waals surface area contributed by atoms with Gasteiger partial charge in [-0.1, -0.05) is 18.2 Å². The Balaban J connectivity index is 2.11. The Bertz CT molecular complexity index is 918. The molecule has 0 saturated heterocycles. The molecule has 0 bridgehead atoms. The van der Waals surface area contributed by atoms with E-state index >= 15 is 0 Å². The molecule has 0 unspecified atom stereocenters. The van der Waals surface area contributed by atoms with Gasteiger partial charge < -0.3 is 14.4 Å². The first-order valence-electron chi connectivity index (χ1n) is 9.66. The van der Waals surface area contributed by atoms with Gasteiger partial charge in [-0.05, 0) is 43.8 Å². The minimum Gasteiger partial charge on any atom is -0.490 e. The molecule has 0 aromatic heterocycles. The summed E-state index contributed by atoms with van der Waals surface area (Å²) in [7, 11) is 1.70. The van der Waals surface area contributed by atoms with Crippen molar-refractivity contribution >= 4 is 11.6 Å². The standard InChI is InChI=1S/C22H24F3N3O3/c1-3-30-20-13-16(9-10-19(20)31-22(24)25)14-27(2)15-21(29)28(12-6-11-26)18-8-5-4-7-17(18)23/h4-5,7-10,13,22H,3,6,12,14-15H2,1-2H3. The lowest BCUT2D eigenvalue weighted by molar-refractivity contribution is -0.119. The number of nitriles is 1. The third-order valence-electron chi connectivity index (χ3n) is 4.27. The monoisotopic (exact) mass is 435 g/mol. The minimum absolute atomic E-state index is 0.0426. The van der Waals surface area contributed by atoms with Crippen LogP contribution in [-0.4, -0.2) is 44.2 Å². The highest BCUT2D eigenvalue weighted by molar-refractivity contribution is 5.94. The Hall–Kier alpha value is -3.25. The van der Waals surface area contributed by atoms with Crippen LogP contribution in [0.15, 0.2) is 42.5 Å². The molecule has 0 aliphatic heterocycles. The van der Waals surface area contributed by atoms with E-state index in [1.54, 1.807) is 37.1 Å². The summed E-state index contributed by atoms with van der Waals surface area (Å²) in [4.78, 5) is 15.8. The number of benzene rings is 2. The molecule has 2 aromatic carbocycles. The Morgan fingerprint density at radius 3 is 2.58 bits per heavy atom. The van der Waals surface area contributed by atoms with E-state index in [2.05, 4.69) is 4.74 Å². The van der Waals surface area contributed by atoms with Gasteiger partial charge in [-0.25, -0.2) is 4.39 Å². The molecule has 31 heavy (non-hydrogen) atoms. The van der Waals surface area contributed by atoms with Crippen LogP contribution in [0.4, 0.5) is 18.9 Å². The molecule has 0 aliphatic rings. The number of rotatable bonds is 11. The Labute approximate surface area is 179 Å². The molecule has 166 valence electrons. The van der Waals surface area contributed by atoms with Gasteiger partial charge in [-0.2, -0.15) is 14.0 Å². The van der Waals surface area contributed by atoms with Gasteiger partial charge >= 0.3 is 6.61 Å². The smallest absolute Gasteiger partial charge is 0.387 e. The molecule has 0 radical (unpaired) electrons. The molecule has 0 spiro atoms. The largest absolute Gasteiger partial charge is 0.490 e. The summed E-state index contributed by atoms with van der Waals surface area (Å²) in [6.45, 7) is -0.639. The topological polar surface area (TPSA) is 65.8 Å². The third-order valence-corrected chi connectivity index (χ3v) is 4.27. The molecular formula is C22H24F3N3O3. The zero-order chi connectivity index (χ0) is 22.8. The number of anilines is 1. The normalized spacial score (nSPS) is 10.8. The molecule has 0 saturated carbocycles. The SMILES string of the molecule is CCOc1cc(CN(C)CC(=O)N(CCC#N)c2ccccc2F)ccc1OC(F)F. The van der Waals surface area contributed by atoms with E-state index in [9.17, 15) is 18.0 Å². The summed E-state index contributed by atoms with van der Waals surface area (Å²) in [6, 6.07) is 12.4. The number of likely N-dealkylation sites (N-methyl/N-ethyl adjacent to an activating group) is 1. The number of carbonyl (C=O) groups excluding carboxylic acids is 1. The Kier molecular flexibility index (Phi) is 9.15. The molecule has 0 N–H and O–H groups in total. The lowest BCUT2D eigenvalue weighted by Crippen LogP contribution is -2.40. The van der Waals surface area contributed by atoms with Crippen LogP contribution in [-0.2, 0) is 11.3 Å². The van der Waals surface area contributed by atoms with E-state index in [4.69, 9.17) is 10.00 Å². The second-order valence-corrected chi connectivity index (χ2v) is 6.67. The van der Waals surface area contributed by atoms with Gasteiger partial charge in [0.15, 0.2) is 11.5 Å². The van der Waals surface area contributed by atoms with Crippen molar-refractivity contribution in [2.45, 2.75) is 26.5 Å². The summed E-state index contributed by atoms with van der Waals surface area (Å²) < 4.78 is 49.1. The first kappa shape index (κ1) is 24.0. The number of halogens is 3. The van der Waals surface area contributed by atoms with Gasteiger partial charge in [-0.15, -0.1) is 0 Å². The van der Waals surface area contributed by atoms with E-state index in [1.165, 1.54) is 29.2 Å². The van der Waals surface area contributed by atoms with Crippen LogP contribution in [0.25, 0.3) is 0 Å². The van der Waals surface area contributed by atoms with E-state index in [0.717, 1.165) is 5.56 Å². The molecule has 1 amide bonds. The number of amides is 1. The molecule has 0 heterocycles. The van der Waals surface area contributed by atoms with E-state index in [0.29, 0.717) is 6.54 Å². The van der Waals surface area contributed by atoms with Gasteiger partial charge in [0.25, 0.3) is 0 Å². The summed E-state index contributed by atoms with van der Waals surface area (Å²) in [5.74, 6) is -0.804. The van der Waals surface area contributed by atoms with Gasteiger partial charge in [0.1, 0.15) is 5.82 Å². The first-order valence-corrected chi connectivity index (χ1v) is 9.66. The fraction of sp³-hybridized carbons (Fsp3) is 0.364. The van der Waals surface area contributed by atoms with Crippen molar-refractivity contribution in [3.05, 3.63) is 53.8 Å². The lowest BCUT2D eigenvalue weighted by Gasteiger charge is -2.25. The number of hydrogen-bond acceptors (Lipinski definition) is 5. The van der Waals surface area contributed by atoms with E-state index in [-0.39, 0.29) is 49.2 Å². The maximum atomic E-state index is 14.2. The van der Waals surface area contributed by atoms with Crippen molar-refractivity contribution in [3.8, 4) is 17.6 Å². The number of hydrogen-bond donors (Lipinski definition) is 0. The van der Waals surface area contributed by atoms with Gasteiger partial charge in [0.05, 0.1) is 31.3 Å². The fourth-order valence-electron chi connectivity index (χ4n) is 3.01. The van der Waals surface area contributed by atoms with Crippen LogP contribution < -0.4 is 14.4 Å². The molecule has 0 fully saturated rings. The van der Waals surface area contributed by atoms with Crippen LogP contribution in [0, 0.1) is 17.1 Å².